The molecule has 35 heavy (non-hydrogen) atoms. The molecule has 0 spiro atoms. The van der Waals surface area contributed by atoms with Gasteiger partial charge in [0.15, 0.2) is 0 Å². The molecule has 4 fully saturated rings. The van der Waals surface area contributed by atoms with Crippen LogP contribution in [0.25, 0.3) is 6.20 Å². The summed E-state index contributed by atoms with van der Waals surface area (Å²) in [4.78, 5) is 37.0. The number of nitrogens with zero attached hydrogens (tertiary/aromatic N) is 2. The Balaban J connectivity index is 1.50. The van der Waals surface area contributed by atoms with Gasteiger partial charge in [-0.1, -0.05) is 19.9 Å². The molecule has 0 atom stereocenters. The number of nitrogens with one attached hydrogen (secondary N) is 3. The van der Waals surface area contributed by atoms with Gasteiger partial charge < -0.3 is 10.1 Å². The Labute approximate surface area is 207 Å². The minimum absolute atomic E-state index is 0.149. The quantitative estimate of drug-likeness (QED) is 0.490. The largest absolute Gasteiger partial charge is 0.477 e. The van der Waals surface area contributed by atoms with E-state index < -0.39 is 5.41 Å². The van der Waals surface area contributed by atoms with Crippen molar-refractivity contribution in [3.8, 4) is 5.88 Å². The maximum absolute atomic E-state index is 13.4. The van der Waals surface area contributed by atoms with Crippen LogP contribution in [0, 0.1) is 35.0 Å². The molecule has 0 radical (unpaired) electrons. The number of aromatic nitrogens is 2. The summed E-state index contributed by atoms with van der Waals surface area (Å²) in [5.41, 5.74) is 4.16. The molecule has 0 aliphatic heterocycles. The molecule has 4 aliphatic carbocycles. The maximum Gasteiger partial charge on any atom is 0.258 e. The second kappa shape index (κ2) is 10.0. The highest BCUT2D eigenvalue weighted by molar-refractivity contribution is 5.96. The van der Waals surface area contributed by atoms with Crippen molar-refractivity contribution in [1.82, 2.24) is 25.9 Å². The Morgan fingerprint density at radius 3 is 2.31 bits per heavy atom. The van der Waals surface area contributed by atoms with E-state index in [9.17, 15) is 14.4 Å². The number of carbonyl (C=O) groups excluding carboxylic acids is 3. The molecule has 0 unspecified atom stereocenters. The lowest BCUT2D eigenvalue weighted by Gasteiger charge is -2.54. The number of hydrazine groups is 1. The topological polar surface area (TPSA) is 114 Å². The Morgan fingerprint density at radius 1 is 1.11 bits per heavy atom. The van der Waals surface area contributed by atoms with Crippen molar-refractivity contribution in [2.24, 2.45) is 35.0 Å². The molecule has 4 saturated carbocycles. The van der Waals surface area contributed by atoms with Crippen molar-refractivity contribution in [1.29, 1.82) is 0 Å². The number of hydrogen-bond donors (Lipinski definition) is 3. The summed E-state index contributed by atoms with van der Waals surface area (Å²) in [5, 5.41) is 7.72. The first-order valence-corrected chi connectivity index (χ1v) is 12.8. The Morgan fingerprint density at radius 2 is 1.74 bits per heavy atom. The third-order valence-corrected chi connectivity index (χ3v) is 7.64. The molecular weight excluding hydrogens is 446 g/mol. The van der Waals surface area contributed by atoms with E-state index in [2.05, 4.69) is 21.3 Å². The van der Waals surface area contributed by atoms with Gasteiger partial charge in [-0.15, -0.1) is 0 Å². The summed E-state index contributed by atoms with van der Waals surface area (Å²) in [6.07, 6.45) is 11.1. The van der Waals surface area contributed by atoms with Gasteiger partial charge in [-0.3, -0.25) is 25.2 Å². The van der Waals surface area contributed by atoms with Crippen molar-refractivity contribution in [2.75, 3.05) is 6.61 Å². The van der Waals surface area contributed by atoms with Crippen LogP contribution in [0.3, 0.4) is 0 Å². The highest BCUT2D eigenvalue weighted by atomic mass is 16.5. The van der Waals surface area contributed by atoms with Crippen LogP contribution in [0.15, 0.2) is 12.3 Å². The highest BCUT2D eigenvalue weighted by Crippen LogP contribution is 2.53. The van der Waals surface area contributed by atoms with E-state index in [0.29, 0.717) is 29.9 Å². The van der Waals surface area contributed by atoms with Gasteiger partial charge in [0.1, 0.15) is 5.56 Å². The van der Waals surface area contributed by atoms with Crippen molar-refractivity contribution in [3.63, 3.8) is 0 Å². The lowest BCUT2D eigenvalue weighted by atomic mass is 9.54. The van der Waals surface area contributed by atoms with Crippen LogP contribution in [0.1, 0.15) is 77.1 Å². The first-order chi connectivity index (χ1) is 16.5. The Hall–Kier alpha value is -2.84. The van der Waals surface area contributed by atoms with Gasteiger partial charge in [0.2, 0.25) is 17.7 Å². The fourth-order valence-corrected chi connectivity index (χ4v) is 6.03. The average Bonchev–Trinajstić information content (AvgIpc) is 3.19. The molecule has 4 aliphatic rings. The molecule has 0 saturated heterocycles. The first-order valence-electron chi connectivity index (χ1n) is 12.8. The van der Waals surface area contributed by atoms with Crippen LogP contribution >= 0.6 is 0 Å². The lowest BCUT2D eigenvalue weighted by molar-refractivity contribution is -0.132. The Kier molecular flexibility index (Phi) is 7.24. The number of carbonyl (C=O) groups is 3. The maximum atomic E-state index is 13.4. The fourth-order valence-electron chi connectivity index (χ4n) is 6.03. The predicted octanol–water partition coefficient (Wildman–Crippen LogP) is 3.14. The van der Waals surface area contributed by atoms with Crippen molar-refractivity contribution < 1.29 is 19.1 Å². The van der Waals surface area contributed by atoms with E-state index in [4.69, 9.17) is 4.74 Å². The zero-order chi connectivity index (χ0) is 25.3. The summed E-state index contributed by atoms with van der Waals surface area (Å²) in [6.45, 7) is 9.28. The summed E-state index contributed by atoms with van der Waals surface area (Å²) < 4.78 is 7.54. The molecule has 4 bridgehead atoms. The van der Waals surface area contributed by atoms with Crippen molar-refractivity contribution >= 4 is 23.9 Å². The second-order valence-corrected chi connectivity index (χ2v) is 11.6. The molecule has 1 heterocycles. The summed E-state index contributed by atoms with van der Waals surface area (Å²) >= 11 is 0. The summed E-state index contributed by atoms with van der Waals surface area (Å²) in [5.74, 6) is 2.59. The second-order valence-electron chi connectivity index (χ2n) is 11.6. The molecule has 9 heteroatoms. The minimum Gasteiger partial charge on any atom is -0.477 e. The molecule has 5 rings (SSSR count). The number of rotatable bonds is 8. The molecule has 0 aromatic carbocycles. The van der Waals surface area contributed by atoms with Crippen LogP contribution in [0.2, 0.25) is 0 Å². The van der Waals surface area contributed by atoms with E-state index in [1.807, 2.05) is 13.8 Å². The van der Waals surface area contributed by atoms with Gasteiger partial charge in [0.05, 0.1) is 18.2 Å². The van der Waals surface area contributed by atoms with Crippen LogP contribution in [0.5, 0.6) is 5.88 Å². The van der Waals surface area contributed by atoms with E-state index in [1.54, 1.807) is 26.1 Å². The molecule has 1 aromatic rings. The van der Waals surface area contributed by atoms with Crippen LogP contribution in [-0.4, -0.2) is 40.2 Å². The normalized spacial score (nSPS) is 27.3. The smallest absolute Gasteiger partial charge is 0.258 e. The van der Waals surface area contributed by atoms with E-state index >= 15 is 0 Å². The van der Waals surface area contributed by atoms with Crippen molar-refractivity contribution in [2.45, 2.75) is 72.8 Å². The van der Waals surface area contributed by atoms with Crippen molar-refractivity contribution in [3.05, 3.63) is 17.8 Å². The van der Waals surface area contributed by atoms with Gasteiger partial charge in [-0.25, -0.2) is 4.68 Å². The zero-order valence-corrected chi connectivity index (χ0v) is 21.5. The van der Waals surface area contributed by atoms with E-state index in [-0.39, 0.29) is 29.7 Å². The number of amides is 3. The van der Waals surface area contributed by atoms with Crippen LogP contribution in [0.4, 0.5) is 0 Å². The van der Waals surface area contributed by atoms with E-state index in [1.165, 1.54) is 49.9 Å². The third kappa shape index (κ3) is 5.70. The minimum atomic E-state index is -0.938. The SMILES string of the molecule is CC(=O)NNC(=O)C(C)(C)/C=C/n1ncc(C(=O)NC2C3CC4CC(C3)CC2C4)c1OCC(C)C. The molecule has 9 nitrogen and oxygen atoms in total. The summed E-state index contributed by atoms with van der Waals surface area (Å²) in [6, 6.07) is 0.226. The Bertz CT molecular complexity index is 968. The molecular formula is C26H39N5O4. The van der Waals surface area contributed by atoms with E-state index in [0.717, 1.165) is 11.8 Å². The zero-order valence-electron chi connectivity index (χ0n) is 21.5. The molecule has 192 valence electrons. The standard InChI is InChI=1S/C26H39N5O4/c1-15(2)14-35-24-21(13-27-31(24)7-6-26(4,5)25(34)30-29-16(3)32)23(33)28-22-19-9-17-8-18(11-19)12-20(22)10-17/h6-7,13,15,17-20,22H,8-12,14H2,1-5H3,(H,28,33)(H,29,32)(H,30,34)/b7-6+. The first kappa shape index (κ1) is 25.3. The van der Waals surface area contributed by atoms with Gasteiger partial charge >= 0.3 is 0 Å². The molecule has 3 amide bonds. The third-order valence-electron chi connectivity index (χ3n) is 7.64. The molecule has 3 N–H and O–H groups in total. The van der Waals surface area contributed by atoms with Gasteiger partial charge in [0, 0.05) is 19.2 Å². The lowest BCUT2D eigenvalue weighted by Crippen LogP contribution is -2.55. The number of ether oxygens (including phenoxy) is 1. The summed E-state index contributed by atoms with van der Waals surface area (Å²) in [7, 11) is 0. The van der Waals surface area contributed by atoms with Gasteiger partial charge in [-0.05, 0) is 75.5 Å². The average molecular weight is 486 g/mol. The van der Waals surface area contributed by atoms with Crippen LogP contribution in [-0.2, 0) is 9.59 Å². The predicted molar refractivity (Wildman–Crippen MR) is 132 cm³/mol. The number of hydrogen-bond acceptors (Lipinski definition) is 5. The fraction of sp³-hybridized carbons (Fsp3) is 0.692. The van der Waals surface area contributed by atoms with Gasteiger partial charge in [0.25, 0.3) is 5.91 Å². The monoisotopic (exact) mass is 485 g/mol. The molecule has 1 aromatic heterocycles. The van der Waals surface area contributed by atoms with Gasteiger partial charge in [-0.2, -0.15) is 5.10 Å². The van der Waals surface area contributed by atoms with Crippen LogP contribution < -0.4 is 20.9 Å². The highest BCUT2D eigenvalue weighted by Gasteiger charge is 2.48.